The van der Waals surface area contributed by atoms with E-state index in [0.717, 1.165) is 66.6 Å². The molecule has 0 saturated carbocycles. The molecule has 0 atom stereocenters. The Labute approximate surface area is 181 Å². The SMILES string of the molecule is Cn1c(CN2CCN(CC(=O)NCc3ccc4c(c3)OCO4)CC2)nc2ccccc21. The number of nitrogens with zero attached hydrogens (tertiary/aromatic N) is 4. The minimum Gasteiger partial charge on any atom is -0.454 e. The molecule has 8 heteroatoms. The van der Waals surface area contributed by atoms with E-state index in [0.29, 0.717) is 13.1 Å². The summed E-state index contributed by atoms with van der Waals surface area (Å²) < 4.78 is 12.9. The first kappa shape index (κ1) is 19.8. The highest BCUT2D eigenvalue weighted by Crippen LogP contribution is 2.32. The Morgan fingerprint density at radius 1 is 1.03 bits per heavy atom. The van der Waals surface area contributed by atoms with Crippen LogP contribution in [0.3, 0.4) is 0 Å². The molecule has 31 heavy (non-hydrogen) atoms. The van der Waals surface area contributed by atoms with Gasteiger partial charge in [-0.3, -0.25) is 14.6 Å². The van der Waals surface area contributed by atoms with E-state index in [-0.39, 0.29) is 12.7 Å². The molecule has 0 bridgehead atoms. The number of para-hydroxylation sites is 2. The number of carbonyl (C=O) groups is 1. The molecular weight excluding hydrogens is 394 g/mol. The van der Waals surface area contributed by atoms with E-state index in [4.69, 9.17) is 14.5 Å². The minimum atomic E-state index is 0.0430. The normalized spacial score (nSPS) is 16.7. The fourth-order valence-corrected chi connectivity index (χ4v) is 4.15. The Hall–Kier alpha value is -3.10. The van der Waals surface area contributed by atoms with Gasteiger partial charge in [0.2, 0.25) is 12.7 Å². The first-order valence-electron chi connectivity index (χ1n) is 10.7. The van der Waals surface area contributed by atoms with Crippen LogP contribution in [0.1, 0.15) is 11.4 Å². The zero-order valence-electron chi connectivity index (χ0n) is 17.7. The van der Waals surface area contributed by atoms with E-state index in [1.165, 1.54) is 0 Å². The summed E-state index contributed by atoms with van der Waals surface area (Å²) in [6, 6.07) is 14.0. The molecule has 1 saturated heterocycles. The van der Waals surface area contributed by atoms with E-state index < -0.39 is 0 Å². The van der Waals surface area contributed by atoms with Crippen molar-refractivity contribution in [3.05, 3.63) is 53.9 Å². The zero-order chi connectivity index (χ0) is 21.2. The van der Waals surface area contributed by atoms with Crippen LogP contribution in [0.5, 0.6) is 11.5 Å². The fourth-order valence-electron chi connectivity index (χ4n) is 4.15. The molecular formula is C23H27N5O3. The second-order valence-corrected chi connectivity index (χ2v) is 8.09. The van der Waals surface area contributed by atoms with Crippen molar-refractivity contribution in [3.63, 3.8) is 0 Å². The summed E-state index contributed by atoms with van der Waals surface area (Å²) in [5.41, 5.74) is 3.21. The van der Waals surface area contributed by atoms with Gasteiger partial charge >= 0.3 is 0 Å². The van der Waals surface area contributed by atoms with Gasteiger partial charge in [-0.1, -0.05) is 18.2 Å². The van der Waals surface area contributed by atoms with Crippen molar-refractivity contribution in [1.29, 1.82) is 0 Å². The summed E-state index contributed by atoms with van der Waals surface area (Å²) in [6.45, 7) is 5.61. The Balaban J connectivity index is 1.08. The van der Waals surface area contributed by atoms with Crippen LogP contribution in [0.25, 0.3) is 11.0 Å². The van der Waals surface area contributed by atoms with Gasteiger partial charge in [-0.05, 0) is 29.8 Å². The van der Waals surface area contributed by atoms with E-state index in [9.17, 15) is 4.79 Å². The maximum absolute atomic E-state index is 12.4. The number of aryl methyl sites for hydroxylation is 1. The van der Waals surface area contributed by atoms with Gasteiger partial charge in [-0.2, -0.15) is 0 Å². The largest absolute Gasteiger partial charge is 0.454 e. The lowest BCUT2D eigenvalue weighted by Gasteiger charge is -2.34. The molecule has 1 aromatic heterocycles. The predicted octanol–water partition coefficient (Wildman–Crippen LogP) is 1.74. The van der Waals surface area contributed by atoms with Crippen LogP contribution >= 0.6 is 0 Å². The standard InChI is InChI=1S/C23H27N5O3/c1-26-19-5-3-2-4-18(19)25-22(26)14-27-8-10-28(11-9-27)15-23(29)24-13-17-6-7-20-21(12-17)31-16-30-20/h2-7,12H,8-11,13-16H2,1H3,(H,24,29). The van der Waals surface area contributed by atoms with Crippen LogP contribution in [0.4, 0.5) is 0 Å². The summed E-state index contributed by atoms with van der Waals surface area (Å²) in [5, 5.41) is 3.01. The molecule has 0 spiro atoms. The number of nitrogens with one attached hydrogen (secondary N) is 1. The van der Waals surface area contributed by atoms with Gasteiger partial charge in [0.1, 0.15) is 5.82 Å². The van der Waals surface area contributed by atoms with Crippen molar-refractivity contribution in [2.24, 2.45) is 7.05 Å². The third-order valence-electron chi connectivity index (χ3n) is 6.00. The average Bonchev–Trinajstić information content (AvgIpc) is 3.38. The second-order valence-electron chi connectivity index (χ2n) is 8.09. The Morgan fingerprint density at radius 2 is 1.81 bits per heavy atom. The quantitative estimate of drug-likeness (QED) is 0.654. The van der Waals surface area contributed by atoms with E-state index >= 15 is 0 Å². The monoisotopic (exact) mass is 421 g/mol. The zero-order valence-corrected chi connectivity index (χ0v) is 17.7. The molecule has 3 heterocycles. The van der Waals surface area contributed by atoms with Crippen molar-refractivity contribution < 1.29 is 14.3 Å². The lowest BCUT2D eigenvalue weighted by Crippen LogP contribution is -2.49. The topological polar surface area (TPSA) is 71.9 Å². The molecule has 8 nitrogen and oxygen atoms in total. The van der Waals surface area contributed by atoms with Crippen LogP contribution < -0.4 is 14.8 Å². The van der Waals surface area contributed by atoms with Crippen LogP contribution in [-0.4, -0.2) is 64.8 Å². The van der Waals surface area contributed by atoms with E-state index in [1.807, 2.05) is 30.3 Å². The summed E-state index contributed by atoms with van der Waals surface area (Å²) in [5.74, 6) is 2.62. The van der Waals surface area contributed by atoms with Crippen molar-refractivity contribution in [1.82, 2.24) is 24.7 Å². The molecule has 3 aromatic rings. The van der Waals surface area contributed by atoms with Crippen molar-refractivity contribution in [2.45, 2.75) is 13.1 Å². The number of carbonyl (C=O) groups excluding carboxylic acids is 1. The van der Waals surface area contributed by atoms with Crippen LogP contribution in [0.15, 0.2) is 42.5 Å². The molecule has 2 aromatic carbocycles. The molecule has 162 valence electrons. The van der Waals surface area contributed by atoms with Gasteiger partial charge < -0.3 is 19.4 Å². The Morgan fingerprint density at radius 3 is 2.65 bits per heavy atom. The average molecular weight is 422 g/mol. The van der Waals surface area contributed by atoms with Crippen LogP contribution in [0.2, 0.25) is 0 Å². The Bertz CT molecular complexity index is 1090. The van der Waals surface area contributed by atoms with Gasteiger partial charge in [-0.15, -0.1) is 0 Å². The smallest absolute Gasteiger partial charge is 0.234 e. The number of rotatable bonds is 6. The third-order valence-corrected chi connectivity index (χ3v) is 6.00. The third kappa shape index (κ3) is 4.35. The minimum absolute atomic E-state index is 0.0430. The number of benzene rings is 2. The van der Waals surface area contributed by atoms with E-state index in [2.05, 4.69) is 38.9 Å². The molecule has 2 aliphatic heterocycles. The molecule has 0 radical (unpaired) electrons. The maximum Gasteiger partial charge on any atom is 0.234 e. The number of fused-ring (bicyclic) bond motifs is 2. The maximum atomic E-state index is 12.4. The summed E-state index contributed by atoms with van der Waals surface area (Å²) >= 11 is 0. The highest BCUT2D eigenvalue weighted by Gasteiger charge is 2.21. The molecule has 0 unspecified atom stereocenters. The van der Waals surface area contributed by atoms with E-state index in [1.54, 1.807) is 0 Å². The molecule has 5 rings (SSSR count). The van der Waals surface area contributed by atoms with Crippen LogP contribution in [0, 0.1) is 0 Å². The number of amides is 1. The highest BCUT2D eigenvalue weighted by molar-refractivity contribution is 5.78. The molecule has 1 N–H and O–H groups in total. The number of imidazole rings is 1. The number of hydrogen-bond acceptors (Lipinski definition) is 6. The first-order valence-corrected chi connectivity index (χ1v) is 10.7. The van der Waals surface area contributed by atoms with Gasteiger partial charge in [0.05, 0.1) is 24.1 Å². The fraction of sp³-hybridized carbons (Fsp3) is 0.391. The number of ether oxygens (including phenoxy) is 2. The number of piperazine rings is 1. The predicted molar refractivity (Wildman–Crippen MR) is 117 cm³/mol. The van der Waals surface area contributed by atoms with Crippen molar-refractivity contribution in [3.8, 4) is 11.5 Å². The van der Waals surface area contributed by atoms with Gasteiger partial charge in [0.15, 0.2) is 11.5 Å². The van der Waals surface area contributed by atoms with Gasteiger partial charge in [-0.25, -0.2) is 4.98 Å². The molecule has 2 aliphatic rings. The van der Waals surface area contributed by atoms with Gasteiger partial charge in [0.25, 0.3) is 0 Å². The highest BCUT2D eigenvalue weighted by atomic mass is 16.7. The summed E-state index contributed by atoms with van der Waals surface area (Å²) in [7, 11) is 2.07. The van der Waals surface area contributed by atoms with Gasteiger partial charge in [0, 0.05) is 39.8 Å². The number of aromatic nitrogens is 2. The lowest BCUT2D eigenvalue weighted by atomic mass is 10.2. The Kier molecular flexibility index (Phi) is 5.48. The summed E-state index contributed by atoms with van der Waals surface area (Å²) in [6.07, 6.45) is 0. The van der Waals surface area contributed by atoms with Crippen LogP contribution in [-0.2, 0) is 24.9 Å². The summed E-state index contributed by atoms with van der Waals surface area (Å²) in [4.78, 5) is 21.8. The van der Waals surface area contributed by atoms with Crippen molar-refractivity contribution >= 4 is 16.9 Å². The lowest BCUT2D eigenvalue weighted by molar-refractivity contribution is -0.122. The molecule has 1 amide bonds. The first-order chi connectivity index (χ1) is 15.2. The number of hydrogen-bond donors (Lipinski definition) is 1. The molecule has 0 aliphatic carbocycles. The second kappa shape index (κ2) is 8.56. The molecule has 1 fully saturated rings. The van der Waals surface area contributed by atoms with Crippen molar-refractivity contribution in [2.75, 3.05) is 39.5 Å².